The minimum Gasteiger partial charge on any atom is -0.623 e. The highest BCUT2D eigenvalue weighted by molar-refractivity contribution is 7.60. The van der Waals surface area contributed by atoms with Crippen LogP contribution in [-0.2, 0) is 4.74 Å². The van der Waals surface area contributed by atoms with Crippen LogP contribution < -0.4 is 10.2 Å². The molecule has 18 heavy (non-hydrogen) atoms. The predicted molar refractivity (Wildman–Crippen MR) is 69.0 cm³/mol. The van der Waals surface area contributed by atoms with E-state index >= 15 is 0 Å². The lowest BCUT2D eigenvalue weighted by molar-refractivity contribution is -0.150. The number of esters is 1. The molecule has 88 valence electrons. The van der Waals surface area contributed by atoms with Crippen LogP contribution in [0.3, 0.4) is 0 Å². The van der Waals surface area contributed by atoms with E-state index in [9.17, 15) is 9.69 Å². The number of cyclic esters (lactones) is 1. The van der Waals surface area contributed by atoms with Gasteiger partial charge in [-0.05, 0) is 24.3 Å². The Morgan fingerprint density at radius 1 is 0.889 bits per heavy atom. The Labute approximate surface area is 105 Å². The normalized spacial score (nSPS) is 16.2. The van der Waals surface area contributed by atoms with Crippen molar-refractivity contribution >= 4 is 24.5 Å². The maximum Gasteiger partial charge on any atom is 0.347 e. The summed E-state index contributed by atoms with van der Waals surface area (Å²) in [5, 5.41) is 0.659. The zero-order valence-corrected chi connectivity index (χ0v) is 10.3. The third-order valence-electron chi connectivity index (χ3n) is 2.74. The van der Waals surface area contributed by atoms with Gasteiger partial charge in [-0.3, -0.25) is 0 Å². The Morgan fingerprint density at radius 2 is 1.50 bits per heavy atom. The van der Waals surface area contributed by atoms with Crippen LogP contribution in [0.5, 0.6) is 0 Å². The number of carbonyl (C=O) groups is 1. The van der Waals surface area contributed by atoms with Crippen LogP contribution in [0.1, 0.15) is 15.9 Å². The molecule has 1 aliphatic rings. The summed E-state index contributed by atoms with van der Waals surface area (Å²) in [5.74, 6) is -0.431. The summed E-state index contributed by atoms with van der Waals surface area (Å²) in [5.41, 5.74) is 1.37. The van der Waals surface area contributed by atoms with Crippen molar-refractivity contribution in [3.8, 4) is 0 Å². The molecule has 3 rings (SSSR count). The lowest BCUT2D eigenvalue weighted by atomic mass is 10.1. The number of rotatable bonds is 1. The standard InChI is InChI=1S/C14H9O3P/c15-13-11-8-4-5-9-12(11)14(17-13)18(16)10-6-2-1-3-7-10/h1-9H. The molecule has 1 aliphatic heterocycles. The Hall–Kier alpha value is -1.96. The van der Waals surface area contributed by atoms with Crippen molar-refractivity contribution in [2.24, 2.45) is 0 Å². The number of carbonyl (C=O) groups excluding carboxylic acids is 1. The first-order chi connectivity index (χ1) is 8.77. The lowest BCUT2D eigenvalue weighted by Gasteiger charge is -2.00. The van der Waals surface area contributed by atoms with Gasteiger partial charge in [0, 0.05) is 0 Å². The second-order valence-electron chi connectivity index (χ2n) is 3.87. The summed E-state index contributed by atoms with van der Waals surface area (Å²) in [4.78, 5) is 24.0. The molecule has 0 N–H and O–H groups in total. The highest BCUT2D eigenvalue weighted by atomic mass is 31.1. The molecule has 0 bridgehead atoms. The molecular weight excluding hydrogens is 247 g/mol. The summed E-state index contributed by atoms with van der Waals surface area (Å²) < 4.78 is 5.14. The van der Waals surface area contributed by atoms with Crippen LogP contribution >= 0.6 is 7.77 Å². The van der Waals surface area contributed by atoms with E-state index in [2.05, 4.69) is 0 Å². The number of fused-ring (bicyclic) bond motifs is 1. The van der Waals surface area contributed by atoms with Gasteiger partial charge in [-0.15, -0.1) is 0 Å². The molecule has 3 nitrogen and oxygen atoms in total. The Balaban J connectivity index is 2.17. The highest BCUT2D eigenvalue weighted by Gasteiger charge is 2.32. The topological polar surface area (TPSA) is 49.4 Å². The molecule has 1 unspecified atom stereocenters. The minimum atomic E-state index is -1.87. The summed E-state index contributed by atoms with van der Waals surface area (Å²) in [7, 11) is -1.87. The summed E-state index contributed by atoms with van der Waals surface area (Å²) in [6.45, 7) is 0. The van der Waals surface area contributed by atoms with E-state index < -0.39 is 13.7 Å². The van der Waals surface area contributed by atoms with E-state index in [1.165, 1.54) is 0 Å². The van der Waals surface area contributed by atoms with Gasteiger partial charge < -0.3 is 9.63 Å². The van der Waals surface area contributed by atoms with Gasteiger partial charge in [0.15, 0.2) is 0 Å². The molecule has 2 aromatic carbocycles. The van der Waals surface area contributed by atoms with E-state index in [4.69, 9.17) is 4.74 Å². The third-order valence-corrected chi connectivity index (χ3v) is 4.21. The molecule has 1 atom stereocenters. The molecular formula is C14H9O3P. The van der Waals surface area contributed by atoms with Crippen molar-refractivity contribution in [3.63, 3.8) is 0 Å². The fraction of sp³-hybridized carbons (Fsp3) is 0. The summed E-state index contributed by atoms with van der Waals surface area (Å²) in [6.07, 6.45) is 0. The maximum atomic E-state index is 12.4. The van der Waals surface area contributed by atoms with E-state index in [0.717, 1.165) is 0 Å². The summed E-state index contributed by atoms with van der Waals surface area (Å²) in [6, 6.07) is 16.0. The largest absolute Gasteiger partial charge is 0.623 e. The van der Waals surface area contributed by atoms with Crippen molar-refractivity contribution in [1.82, 2.24) is 0 Å². The smallest absolute Gasteiger partial charge is 0.347 e. The van der Waals surface area contributed by atoms with Crippen molar-refractivity contribution in [2.75, 3.05) is 0 Å². The minimum absolute atomic E-state index is 0.261. The molecule has 0 radical (unpaired) electrons. The van der Waals surface area contributed by atoms with Crippen LogP contribution in [0, 0.1) is 0 Å². The van der Waals surface area contributed by atoms with Crippen LogP contribution in [-0.4, -0.2) is 11.4 Å². The van der Waals surface area contributed by atoms with Gasteiger partial charge in [-0.1, -0.05) is 30.3 Å². The molecule has 0 aliphatic carbocycles. The number of hydrogen-bond donors (Lipinski definition) is 0. The molecule has 0 fully saturated rings. The first kappa shape index (κ1) is 11.1. The average Bonchev–Trinajstić information content (AvgIpc) is 2.77. The number of ether oxygens (including phenoxy) is 1. The second-order valence-corrected chi connectivity index (χ2v) is 5.38. The Morgan fingerprint density at radius 3 is 2.22 bits per heavy atom. The van der Waals surface area contributed by atoms with Crippen molar-refractivity contribution in [3.05, 3.63) is 65.7 Å². The highest BCUT2D eigenvalue weighted by Crippen LogP contribution is 2.28. The van der Waals surface area contributed by atoms with Gasteiger partial charge >= 0.3 is 11.4 Å². The molecule has 0 spiro atoms. The molecule has 0 saturated carbocycles. The van der Waals surface area contributed by atoms with Crippen LogP contribution in [0.4, 0.5) is 0 Å². The SMILES string of the molecule is O=C1OC(=[P+]([O-])c2ccccc2)c2ccccc21. The Bertz CT molecular complexity index is 647. The molecule has 0 saturated heterocycles. The third kappa shape index (κ3) is 1.74. The Kier molecular flexibility index (Phi) is 2.71. The zero-order chi connectivity index (χ0) is 12.5. The van der Waals surface area contributed by atoms with Crippen LogP contribution in [0.25, 0.3) is 0 Å². The fourth-order valence-corrected chi connectivity index (χ4v) is 3.13. The second kappa shape index (κ2) is 4.37. The monoisotopic (exact) mass is 256 g/mol. The van der Waals surface area contributed by atoms with Gasteiger partial charge in [0.2, 0.25) is 0 Å². The zero-order valence-electron chi connectivity index (χ0n) is 9.37. The van der Waals surface area contributed by atoms with Crippen molar-refractivity contribution in [2.45, 2.75) is 0 Å². The quantitative estimate of drug-likeness (QED) is 0.572. The van der Waals surface area contributed by atoms with Crippen LogP contribution in [0.15, 0.2) is 54.6 Å². The average molecular weight is 256 g/mol. The maximum absolute atomic E-state index is 12.4. The molecule has 2 aromatic rings. The van der Waals surface area contributed by atoms with Gasteiger partial charge in [-0.2, -0.15) is 0 Å². The number of benzene rings is 2. The van der Waals surface area contributed by atoms with Gasteiger partial charge in [-0.25, -0.2) is 4.79 Å². The predicted octanol–water partition coefficient (Wildman–Crippen LogP) is 1.42. The van der Waals surface area contributed by atoms with Gasteiger partial charge in [0.1, 0.15) is 13.1 Å². The fourth-order valence-electron chi connectivity index (χ4n) is 1.88. The summed E-state index contributed by atoms with van der Waals surface area (Å²) >= 11 is 0. The van der Waals surface area contributed by atoms with Crippen LogP contribution in [0.2, 0.25) is 0 Å². The molecule has 0 aromatic heterocycles. The lowest BCUT2D eigenvalue weighted by Crippen LogP contribution is -2.13. The van der Waals surface area contributed by atoms with Gasteiger partial charge in [0.05, 0.1) is 11.1 Å². The molecule has 4 heteroatoms. The molecule has 1 heterocycles. The van der Waals surface area contributed by atoms with Crippen molar-refractivity contribution < 1.29 is 14.4 Å². The van der Waals surface area contributed by atoms with E-state index in [1.54, 1.807) is 36.4 Å². The van der Waals surface area contributed by atoms with Crippen molar-refractivity contribution in [1.29, 1.82) is 0 Å². The first-order valence-corrected chi connectivity index (χ1v) is 6.74. The molecule has 0 amide bonds. The first-order valence-electron chi connectivity index (χ1n) is 5.48. The van der Waals surface area contributed by atoms with E-state index in [0.29, 0.717) is 16.4 Å². The van der Waals surface area contributed by atoms with Gasteiger partial charge in [0.25, 0.3) is 0 Å². The van der Waals surface area contributed by atoms with E-state index in [-0.39, 0.29) is 5.48 Å². The number of hydrogen-bond acceptors (Lipinski definition) is 3. The van der Waals surface area contributed by atoms with E-state index in [1.807, 2.05) is 18.2 Å².